The van der Waals surface area contributed by atoms with Crippen molar-refractivity contribution >= 4 is 18.1 Å². The van der Waals surface area contributed by atoms with Crippen LogP contribution in [0.25, 0.3) is 0 Å². The molecular formula is C28H33N4O2+. The fraction of sp³-hybridized carbons (Fsp3) is 0.286. The van der Waals surface area contributed by atoms with E-state index in [1.54, 1.807) is 29.5 Å². The van der Waals surface area contributed by atoms with Gasteiger partial charge in [0.2, 0.25) is 0 Å². The van der Waals surface area contributed by atoms with Gasteiger partial charge < -0.3 is 15.1 Å². The number of aryl methyl sites for hydroxylation is 1. The Balaban J connectivity index is 1.48. The third kappa shape index (κ3) is 6.10. The zero-order valence-corrected chi connectivity index (χ0v) is 19.9. The molecule has 3 aromatic carbocycles. The third-order valence-electron chi connectivity index (χ3n) is 6.23. The van der Waals surface area contributed by atoms with Gasteiger partial charge in [-0.05, 0) is 42.3 Å². The van der Waals surface area contributed by atoms with E-state index in [0.29, 0.717) is 17.9 Å². The number of phenols is 2. The van der Waals surface area contributed by atoms with Gasteiger partial charge in [-0.15, -0.1) is 0 Å². The second-order valence-electron chi connectivity index (χ2n) is 9.01. The summed E-state index contributed by atoms with van der Waals surface area (Å²) in [7, 11) is 2.23. The summed E-state index contributed by atoms with van der Waals surface area (Å²) in [5.41, 5.74) is 5.24. The van der Waals surface area contributed by atoms with E-state index < -0.39 is 0 Å². The maximum atomic E-state index is 10.9. The number of para-hydroxylation sites is 2. The molecule has 0 atom stereocenters. The van der Waals surface area contributed by atoms with Gasteiger partial charge in [-0.25, -0.2) is 0 Å². The summed E-state index contributed by atoms with van der Waals surface area (Å²) >= 11 is 0. The lowest BCUT2D eigenvalue weighted by molar-refractivity contribution is -0.884. The van der Waals surface area contributed by atoms with Crippen LogP contribution < -0.4 is 4.90 Å². The van der Waals surface area contributed by atoms with Crippen molar-refractivity contribution in [2.75, 3.05) is 33.2 Å². The molecule has 1 fully saturated rings. The van der Waals surface area contributed by atoms with E-state index in [-0.39, 0.29) is 5.75 Å². The van der Waals surface area contributed by atoms with Crippen LogP contribution in [-0.4, -0.2) is 60.8 Å². The van der Waals surface area contributed by atoms with Crippen molar-refractivity contribution in [2.24, 2.45) is 9.98 Å². The smallest absolute Gasteiger partial charge is 0.128 e. The highest BCUT2D eigenvalue weighted by Gasteiger charge is 2.18. The topological polar surface area (TPSA) is 72.9 Å². The highest BCUT2D eigenvalue weighted by atomic mass is 16.3. The number of phenolic OH excluding ortho intramolecular Hbond substituents is 2. The Hall–Kier alpha value is -3.48. The van der Waals surface area contributed by atoms with Gasteiger partial charge in [0, 0.05) is 48.8 Å². The predicted molar refractivity (Wildman–Crippen MR) is 138 cm³/mol. The zero-order valence-electron chi connectivity index (χ0n) is 19.9. The van der Waals surface area contributed by atoms with E-state index in [4.69, 9.17) is 0 Å². The van der Waals surface area contributed by atoms with E-state index in [0.717, 1.165) is 60.7 Å². The van der Waals surface area contributed by atoms with Crippen LogP contribution in [0, 0.1) is 6.92 Å². The molecule has 0 unspecified atom stereocenters. The van der Waals surface area contributed by atoms with Gasteiger partial charge in [-0.1, -0.05) is 36.4 Å². The number of quaternary nitrogens is 1. The van der Waals surface area contributed by atoms with Gasteiger partial charge in [-0.2, -0.15) is 0 Å². The Labute approximate surface area is 201 Å². The number of piperazine rings is 1. The van der Waals surface area contributed by atoms with Crippen LogP contribution in [0.15, 0.2) is 70.6 Å². The Morgan fingerprint density at radius 2 is 1.65 bits per heavy atom. The Morgan fingerprint density at radius 1 is 0.912 bits per heavy atom. The molecule has 34 heavy (non-hydrogen) atoms. The van der Waals surface area contributed by atoms with Crippen LogP contribution in [0.1, 0.15) is 27.8 Å². The number of nitrogens with zero attached hydrogens (tertiary/aromatic N) is 3. The largest absolute Gasteiger partial charge is 0.507 e. The zero-order chi connectivity index (χ0) is 23.9. The molecule has 0 aromatic heterocycles. The van der Waals surface area contributed by atoms with Gasteiger partial charge in [-0.3, -0.25) is 14.9 Å². The Morgan fingerprint density at radius 3 is 2.44 bits per heavy atom. The van der Waals surface area contributed by atoms with Crippen LogP contribution in [0.5, 0.6) is 11.5 Å². The van der Waals surface area contributed by atoms with Crippen LogP contribution in [-0.2, 0) is 13.1 Å². The minimum Gasteiger partial charge on any atom is -0.507 e. The van der Waals surface area contributed by atoms with E-state index in [1.807, 2.05) is 42.5 Å². The first-order valence-electron chi connectivity index (χ1n) is 11.8. The molecule has 1 heterocycles. The van der Waals surface area contributed by atoms with E-state index in [1.165, 1.54) is 0 Å². The van der Waals surface area contributed by atoms with Crippen LogP contribution >= 0.6 is 0 Å². The summed E-state index contributed by atoms with van der Waals surface area (Å²) in [6.45, 7) is 7.60. The van der Waals surface area contributed by atoms with E-state index in [9.17, 15) is 10.2 Å². The minimum atomic E-state index is 0.199. The lowest BCUT2D eigenvalue weighted by Gasteiger charge is -2.30. The highest BCUT2D eigenvalue weighted by Crippen LogP contribution is 2.26. The summed E-state index contributed by atoms with van der Waals surface area (Å²) in [5.74, 6) is 0.511. The first kappa shape index (κ1) is 23.7. The van der Waals surface area contributed by atoms with Crippen LogP contribution in [0.3, 0.4) is 0 Å². The van der Waals surface area contributed by atoms with Gasteiger partial charge >= 0.3 is 0 Å². The van der Waals surface area contributed by atoms with Gasteiger partial charge in [0.15, 0.2) is 0 Å². The molecule has 176 valence electrons. The second kappa shape index (κ2) is 11.1. The molecule has 1 saturated heterocycles. The van der Waals surface area contributed by atoms with Crippen molar-refractivity contribution in [3.05, 3.63) is 88.5 Å². The molecule has 6 nitrogen and oxygen atoms in total. The minimum absolute atomic E-state index is 0.199. The molecule has 1 aliphatic rings. The SMILES string of the molecule is Cc1cc(C=NCc2ccccc2N=Cc2ccccc2O)c(O)c(CN2CC[NH+](C)CC2)c1. The normalized spacial score (nSPS) is 15.5. The molecule has 1 aliphatic heterocycles. The highest BCUT2D eigenvalue weighted by molar-refractivity contribution is 5.86. The molecule has 0 spiro atoms. The summed E-state index contributed by atoms with van der Waals surface area (Å²) in [6, 6.07) is 19.0. The molecule has 3 N–H and O–H groups in total. The number of aromatic hydroxyl groups is 2. The van der Waals surface area contributed by atoms with Gasteiger partial charge in [0.1, 0.15) is 11.5 Å². The third-order valence-corrected chi connectivity index (χ3v) is 6.23. The number of aliphatic imine (C=N–C) groups is 2. The number of hydrogen-bond acceptors (Lipinski definition) is 5. The quantitative estimate of drug-likeness (QED) is 0.478. The maximum absolute atomic E-state index is 10.9. The van der Waals surface area contributed by atoms with Crippen LogP contribution in [0.4, 0.5) is 5.69 Å². The molecule has 0 bridgehead atoms. The first-order valence-corrected chi connectivity index (χ1v) is 11.8. The van der Waals surface area contributed by atoms with Gasteiger partial charge in [0.05, 0.1) is 32.4 Å². The fourth-order valence-electron chi connectivity index (χ4n) is 4.19. The monoisotopic (exact) mass is 457 g/mol. The van der Waals surface area contributed by atoms with E-state index >= 15 is 0 Å². The second-order valence-corrected chi connectivity index (χ2v) is 9.01. The number of nitrogens with one attached hydrogen (secondary N) is 1. The summed E-state index contributed by atoms with van der Waals surface area (Å²) in [5, 5.41) is 20.9. The summed E-state index contributed by atoms with van der Waals surface area (Å²) in [4.78, 5) is 13.1. The molecule has 6 heteroatoms. The standard InChI is InChI=1S/C28H32N4O2/c1-21-15-24(28(34)25(16-21)20-32-13-11-31(2)12-14-32)18-29-17-22-7-3-5-9-26(22)30-19-23-8-4-6-10-27(23)33/h3-10,15-16,18-19,33-34H,11-14,17,20H2,1-2H3/p+1. The van der Waals surface area contributed by atoms with Crippen molar-refractivity contribution < 1.29 is 15.1 Å². The van der Waals surface area contributed by atoms with Gasteiger partial charge in [0.25, 0.3) is 0 Å². The van der Waals surface area contributed by atoms with Crippen molar-refractivity contribution in [3.8, 4) is 11.5 Å². The predicted octanol–water partition coefficient (Wildman–Crippen LogP) is 3.11. The Bertz CT molecular complexity index is 1180. The lowest BCUT2D eigenvalue weighted by atomic mass is 10.0. The number of benzene rings is 3. The molecule has 3 aromatic rings. The molecule has 0 radical (unpaired) electrons. The first-order chi connectivity index (χ1) is 16.5. The maximum Gasteiger partial charge on any atom is 0.128 e. The van der Waals surface area contributed by atoms with Crippen molar-refractivity contribution in [1.82, 2.24) is 4.90 Å². The fourth-order valence-corrected chi connectivity index (χ4v) is 4.19. The van der Waals surface area contributed by atoms with Crippen molar-refractivity contribution in [2.45, 2.75) is 20.0 Å². The molecule has 0 amide bonds. The average molecular weight is 458 g/mol. The van der Waals surface area contributed by atoms with E-state index in [2.05, 4.69) is 34.9 Å². The Kier molecular flexibility index (Phi) is 7.72. The summed E-state index contributed by atoms with van der Waals surface area (Å²) in [6.07, 6.45) is 3.42. The number of hydrogen-bond donors (Lipinski definition) is 3. The molecular weight excluding hydrogens is 424 g/mol. The molecule has 4 rings (SSSR count). The molecule has 0 saturated carbocycles. The lowest BCUT2D eigenvalue weighted by Crippen LogP contribution is -3.11. The van der Waals surface area contributed by atoms with Crippen molar-refractivity contribution in [1.29, 1.82) is 0 Å². The van der Waals surface area contributed by atoms with Crippen molar-refractivity contribution in [3.63, 3.8) is 0 Å². The number of rotatable bonds is 7. The number of likely N-dealkylation sites (N-methyl/N-ethyl adjacent to an activating group) is 1. The average Bonchev–Trinajstić information content (AvgIpc) is 2.83. The summed E-state index contributed by atoms with van der Waals surface area (Å²) < 4.78 is 0. The van der Waals surface area contributed by atoms with Crippen LogP contribution in [0.2, 0.25) is 0 Å². The molecule has 0 aliphatic carbocycles.